The Labute approximate surface area is 91.1 Å². The van der Waals surface area contributed by atoms with Crippen LogP contribution in [0.4, 0.5) is 0 Å². The lowest BCUT2D eigenvalue weighted by Gasteiger charge is -2.48. The van der Waals surface area contributed by atoms with Crippen molar-refractivity contribution >= 4 is 27.3 Å². The van der Waals surface area contributed by atoms with Gasteiger partial charge in [-0.3, -0.25) is 4.90 Å². The fraction of sp³-hybridized carbons (Fsp3) is 0.667. The van der Waals surface area contributed by atoms with Crippen LogP contribution in [-0.4, -0.2) is 22.0 Å². The molecule has 0 amide bonds. The summed E-state index contributed by atoms with van der Waals surface area (Å²) in [7, 11) is 0. The van der Waals surface area contributed by atoms with Crippen LogP contribution in [0.1, 0.15) is 25.3 Å². The number of hydrogen-bond donors (Lipinski definition) is 0. The molecule has 1 aliphatic rings. The Morgan fingerprint density at radius 2 is 2.46 bits per heavy atom. The molecule has 0 aliphatic carbocycles. The molecule has 0 atom stereocenters. The zero-order valence-electron chi connectivity index (χ0n) is 7.88. The molecule has 2 heterocycles. The van der Waals surface area contributed by atoms with E-state index in [1.54, 1.807) is 11.3 Å². The standard InChI is InChI=1S/C9H13BrN2S/c1-9(2)3-4-12(9)6-8-11-5-7(10)13-8/h5H,3-4,6H2,1-2H3. The average molecular weight is 261 g/mol. The van der Waals surface area contributed by atoms with Crippen LogP contribution in [0.3, 0.4) is 0 Å². The highest BCUT2D eigenvalue weighted by Gasteiger charge is 2.35. The maximum atomic E-state index is 4.33. The first-order valence-corrected chi connectivity index (χ1v) is 6.04. The molecule has 0 bridgehead atoms. The van der Waals surface area contributed by atoms with Crippen LogP contribution in [0, 0.1) is 0 Å². The second-order valence-electron chi connectivity index (χ2n) is 4.04. The van der Waals surface area contributed by atoms with Gasteiger partial charge in [0.1, 0.15) is 5.01 Å². The summed E-state index contributed by atoms with van der Waals surface area (Å²) in [5.74, 6) is 0. The lowest BCUT2D eigenvalue weighted by Crippen LogP contribution is -2.54. The maximum absolute atomic E-state index is 4.33. The van der Waals surface area contributed by atoms with E-state index >= 15 is 0 Å². The van der Waals surface area contributed by atoms with E-state index in [2.05, 4.69) is 39.7 Å². The second kappa shape index (κ2) is 3.33. The van der Waals surface area contributed by atoms with Crippen molar-refractivity contribution in [2.45, 2.75) is 32.4 Å². The molecule has 1 aromatic heterocycles. The fourth-order valence-electron chi connectivity index (χ4n) is 1.53. The van der Waals surface area contributed by atoms with E-state index in [0.29, 0.717) is 5.54 Å². The lowest BCUT2D eigenvalue weighted by molar-refractivity contribution is 0.00789. The van der Waals surface area contributed by atoms with E-state index in [0.717, 1.165) is 10.3 Å². The van der Waals surface area contributed by atoms with Crippen LogP contribution in [-0.2, 0) is 6.54 Å². The van der Waals surface area contributed by atoms with Crippen LogP contribution in [0.5, 0.6) is 0 Å². The Balaban J connectivity index is 1.99. The van der Waals surface area contributed by atoms with Crippen molar-refractivity contribution in [1.82, 2.24) is 9.88 Å². The van der Waals surface area contributed by atoms with Crippen LogP contribution in [0.2, 0.25) is 0 Å². The minimum atomic E-state index is 0.387. The Kier molecular flexibility index (Phi) is 2.47. The number of halogens is 1. The van der Waals surface area contributed by atoms with Gasteiger partial charge in [0.2, 0.25) is 0 Å². The molecule has 0 unspecified atom stereocenters. The van der Waals surface area contributed by atoms with Crippen molar-refractivity contribution in [3.05, 3.63) is 15.0 Å². The Bertz CT molecular complexity index is 308. The van der Waals surface area contributed by atoms with Crippen LogP contribution < -0.4 is 0 Å². The van der Waals surface area contributed by atoms with Gasteiger partial charge in [-0.2, -0.15) is 0 Å². The van der Waals surface area contributed by atoms with Gasteiger partial charge in [0.25, 0.3) is 0 Å². The topological polar surface area (TPSA) is 16.1 Å². The van der Waals surface area contributed by atoms with Crippen molar-refractivity contribution < 1.29 is 0 Å². The third-order valence-electron chi connectivity index (χ3n) is 2.70. The first-order chi connectivity index (χ1) is 6.08. The zero-order valence-corrected chi connectivity index (χ0v) is 10.3. The highest BCUT2D eigenvalue weighted by atomic mass is 79.9. The quantitative estimate of drug-likeness (QED) is 0.813. The molecule has 0 N–H and O–H groups in total. The number of hydrogen-bond acceptors (Lipinski definition) is 3. The van der Waals surface area contributed by atoms with E-state index in [1.165, 1.54) is 18.0 Å². The molecule has 72 valence electrons. The van der Waals surface area contributed by atoms with Gasteiger partial charge in [-0.05, 0) is 36.2 Å². The third kappa shape index (κ3) is 1.95. The number of aromatic nitrogens is 1. The molecule has 0 aromatic carbocycles. The van der Waals surface area contributed by atoms with Gasteiger partial charge < -0.3 is 0 Å². The van der Waals surface area contributed by atoms with Gasteiger partial charge in [-0.15, -0.1) is 11.3 Å². The first-order valence-electron chi connectivity index (χ1n) is 4.43. The first kappa shape index (κ1) is 9.62. The minimum absolute atomic E-state index is 0.387. The van der Waals surface area contributed by atoms with Gasteiger partial charge in [0.15, 0.2) is 0 Å². The molecule has 0 saturated carbocycles. The molecule has 13 heavy (non-hydrogen) atoms. The molecule has 2 rings (SSSR count). The van der Waals surface area contributed by atoms with Crippen molar-refractivity contribution in [3.63, 3.8) is 0 Å². The largest absolute Gasteiger partial charge is 0.291 e. The smallest absolute Gasteiger partial charge is 0.108 e. The summed E-state index contributed by atoms with van der Waals surface area (Å²) in [6.45, 7) is 6.80. The monoisotopic (exact) mass is 260 g/mol. The number of nitrogens with zero attached hydrogens (tertiary/aromatic N) is 2. The summed E-state index contributed by atoms with van der Waals surface area (Å²) >= 11 is 5.16. The normalized spacial score (nSPS) is 21.5. The lowest BCUT2D eigenvalue weighted by atomic mass is 9.89. The van der Waals surface area contributed by atoms with Crippen molar-refractivity contribution in [2.75, 3.05) is 6.54 Å². The van der Waals surface area contributed by atoms with Crippen LogP contribution >= 0.6 is 27.3 Å². The summed E-state index contributed by atoms with van der Waals surface area (Å²) in [6, 6.07) is 0. The Hall–Kier alpha value is 0.0700. The maximum Gasteiger partial charge on any atom is 0.108 e. The molecule has 0 spiro atoms. The minimum Gasteiger partial charge on any atom is -0.291 e. The summed E-state index contributed by atoms with van der Waals surface area (Å²) in [4.78, 5) is 6.80. The molecule has 0 radical (unpaired) electrons. The molecule has 1 aliphatic heterocycles. The van der Waals surface area contributed by atoms with Gasteiger partial charge in [-0.1, -0.05) is 0 Å². The molecule has 2 nitrogen and oxygen atoms in total. The highest BCUT2D eigenvalue weighted by molar-refractivity contribution is 9.11. The fourth-order valence-corrected chi connectivity index (χ4v) is 2.85. The van der Waals surface area contributed by atoms with Crippen molar-refractivity contribution in [3.8, 4) is 0 Å². The van der Waals surface area contributed by atoms with E-state index in [1.807, 2.05) is 6.20 Å². The van der Waals surface area contributed by atoms with E-state index in [-0.39, 0.29) is 0 Å². The molecule has 1 aromatic rings. The third-order valence-corrected chi connectivity index (χ3v) is 4.16. The van der Waals surface area contributed by atoms with E-state index < -0.39 is 0 Å². The molecule has 1 saturated heterocycles. The molecule has 1 fully saturated rings. The highest BCUT2D eigenvalue weighted by Crippen LogP contribution is 2.32. The van der Waals surface area contributed by atoms with E-state index in [4.69, 9.17) is 0 Å². The van der Waals surface area contributed by atoms with Crippen LogP contribution in [0.25, 0.3) is 0 Å². The number of likely N-dealkylation sites (tertiary alicyclic amines) is 1. The summed E-state index contributed by atoms with van der Waals surface area (Å²) in [5.41, 5.74) is 0.387. The summed E-state index contributed by atoms with van der Waals surface area (Å²) in [6.07, 6.45) is 3.19. The Morgan fingerprint density at radius 3 is 2.85 bits per heavy atom. The van der Waals surface area contributed by atoms with Gasteiger partial charge in [-0.25, -0.2) is 4.98 Å². The van der Waals surface area contributed by atoms with E-state index in [9.17, 15) is 0 Å². The predicted octanol–water partition coefficient (Wildman–Crippen LogP) is 2.89. The van der Waals surface area contributed by atoms with Crippen LogP contribution in [0.15, 0.2) is 9.98 Å². The Morgan fingerprint density at radius 1 is 1.69 bits per heavy atom. The molecular weight excluding hydrogens is 248 g/mol. The summed E-state index contributed by atoms with van der Waals surface area (Å²) < 4.78 is 1.13. The van der Waals surface area contributed by atoms with Gasteiger partial charge in [0.05, 0.1) is 16.5 Å². The second-order valence-corrected chi connectivity index (χ2v) is 6.54. The number of thiazole rings is 1. The number of rotatable bonds is 2. The predicted molar refractivity (Wildman–Crippen MR) is 58.9 cm³/mol. The average Bonchev–Trinajstić information content (AvgIpc) is 2.46. The molecule has 4 heteroatoms. The van der Waals surface area contributed by atoms with Gasteiger partial charge >= 0.3 is 0 Å². The van der Waals surface area contributed by atoms with Crippen molar-refractivity contribution in [2.24, 2.45) is 0 Å². The van der Waals surface area contributed by atoms with Crippen molar-refractivity contribution in [1.29, 1.82) is 0 Å². The summed E-state index contributed by atoms with van der Waals surface area (Å²) in [5, 5.41) is 1.21. The van der Waals surface area contributed by atoms with Gasteiger partial charge in [0, 0.05) is 12.1 Å². The zero-order chi connectivity index (χ0) is 9.47. The molecular formula is C9H13BrN2S. The SMILES string of the molecule is CC1(C)CCN1Cc1ncc(Br)s1.